The number of carbonyl (C=O) groups excluding carboxylic acids is 1. The first-order chi connectivity index (χ1) is 7.84. The van der Waals surface area contributed by atoms with E-state index < -0.39 is 17.5 Å². The van der Waals surface area contributed by atoms with Gasteiger partial charge in [0.2, 0.25) is 0 Å². The van der Waals surface area contributed by atoms with Crippen LogP contribution in [0.5, 0.6) is 0 Å². The van der Waals surface area contributed by atoms with E-state index in [0.717, 1.165) is 0 Å². The van der Waals surface area contributed by atoms with Crippen molar-refractivity contribution in [3.05, 3.63) is 46.5 Å². The van der Waals surface area contributed by atoms with E-state index in [0.29, 0.717) is 11.1 Å². The number of benzene rings is 1. The summed E-state index contributed by atoms with van der Waals surface area (Å²) in [6.45, 7) is 1.36. The number of hydrogen-bond acceptors (Lipinski definition) is 1. The molecule has 1 aromatic rings. The summed E-state index contributed by atoms with van der Waals surface area (Å²) in [6, 6.07) is 5.71. The number of carbonyl (C=O) groups is 1. The summed E-state index contributed by atoms with van der Waals surface area (Å²) in [4.78, 5) is 11.6. The Hall–Kier alpha value is -1.29. The maximum absolute atomic E-state index is 12.4. The molecule has 1 nitrogen and oxygen atoms in total. The summed E-state index contributed by atoms with van der Waals surface area (Å²) in [5.74, 6) is -0.671. The Kier molecular flexibility index (Phi) is 4.34. The summed E-state index contributed by atoms with van der Waals surface area (Å²) in [6.07, 6.45) is -4.07. The Morgan fingerprint density at radius 2 is 1.82 bits per heavy atom. The van der Waals surface area contributed by atoms with Crippen molar-refractivity contribution in [2.45, 2.75) is 19.5 Å². The van der Waals surface area contributed by atoms with Crippen LogP contribution in [0, 0.1) is 0 Å². The van der Waals surface area contributed by atoms with Gasteiger partial charge >= 0.3 is 6.18 Å². The molecule has 0 N–H and O–H groups in total. The molecule has 0 aliphatic rings. The zero-order valence-corrected chi connectivity index (χ0v) is 9.77. The van der Waals surface area contributed by atoms with Crippen LogP contribution in [0.3, 0.4) is 0 Å². The molecule has 0 fully saturated rings. The topological polar surface area (TPSA) is 17.1 Å². The first kappa shape index (κ1) is 13.8. The zero-order valence-electron chi connectivity index (χ0n) is 9.01. The molecule has 0 unspecified atom stereocenters. The second-order valence-corrected chi connectivity index (χ2v) is 3.83. The number of rotatable bonds is 3. The lowest BCUT2D eigenvalue weighted by atomic mass is 10.1. The highest BCUT2D eigenvalue weighted by molar-refractivity contribution is 6.30. The molecule has 0 atom stereocenters. The Morgan fingerprint density at radius 1 is 1.29 bits per heavy atom. The van der Waals surface area contributed by atoms with Gasteiger partial charge in [-0.3, -0.25) is 4.79 Å². The van der Waals surface area contributed by atoms with Gasteiger partial charge < -0.3 is 0 Å². The fourth-order valence-corrected chi connectivity index (χ4v) is 1.37. The largest absolute Gasteiger partial charge is 0.412 e. The SMILES string of the molecule is CC/C(=C\C(=O)c1ccc(Cl)cc1)C(F)(F)F. The summed E-state index contributed by atoms with van der Waals surface area (Å²) < 4.78 is 37.3. The van der Waals surface area contributed by atoms with Crippen LogP contribution in [0.4, 0.5) is 13.2 Å². The van der Waals surface area contributed by atoms with E-state index in [1.165, 1.54) is 31.2 Å². The molecular formula is C12H10ClF3O. The molecule has 5 heteroatoms. The minimum absolute atomic E-state index is 0.185. The lowest BCUT2D eigenvalue weighted by Gasteiger charge is -2.08. The van der Waals surface area contributed by atoms with E-state index in [-0.39, 0.29) is 12.0 Å². The Balaban J connectivity index is 2.98. The monoisotopic (exact) mass is 262 g/mol. The summed E-state index contributed by atoms with van der Waals surface area (Å²) >= 11 is 5.62. The van der Waals surface area contributed by atoms with Crippen LogP contribution in [0.2, 0.25) is 5.02 Å². The molecule has 0 spiro atoms. The fourth-order valence-electron chi connectivity index (χ4n) is 1.24. The molecule has 92 valence electrons. The van der Waals surface area contributed by atoms with Gasteiger partial charge in [0.15, 0.2) is 5.78 Å². The average molecular weight is 263 g/mol. The van der Waals surface area contributed by atoms with Crippen LogP contribution >= 0.6 is 11.6 Å². The van der Waals surface area contributed by atoms with Gasteiger partial charge in [-0.25, -0.2) is 0 Å². The summed E-state index contributed by atoms with van der Waals surface area (Å²) in [7, 11) is 0. The third-order valence-corrected chi connectivity index (χ3v) is 2.43. The Morgan fingerprint density at radius 3 is 2.24 bits per heavy atom. The molecule has 0 aliphatic carbocycles. The Bertz CT molecular complexity index is 432. The minimum atomic E-state index is -4.46. The van der Waals surface area contributed by atoms with Crippen LogP contribution < -0.4 is 0 Å². The van der Waals surface area contributed by atoms with Gasteiger partial charge in [-0.1, -0.05) is 18.5 Å². The standard InChI is InChI=1S/C12H10ClF3O/c1-2-9(12(14,15)16)7-11(17)8-3-5-10(13)6-4-8/h3-7H,2H2,1H3/b9-7+. The highest BCUT2D eigenvalue weighted by Gasteiger charge is 2.32. The van der Waals surface area contributed by atoms with Crippen molar-refractivity contribution in [1.82, 2.24) is 0 Å². The maximum atomic E-state index is 12.4. The Labute approximate surface area is 102 Å². The van der Waals surface area contributed by atoms with Crippen LogP contribution in [0.25, 0.3) is 0 Å². The van der Waals surface area contributed by atoms with Crippen LogP contribution in [0.15, 0.2) is 35.9 Å². The number of ketones is 1. The smallest absolute Gasteiger partial charge is 0.289 e. The first-order valence-electron chi connectivity index (χ1n) is 4.92. The molecule has 0 aliphatic heterocycles. The van der Waals surface area contributed by atoms with Crippen molar-refractivity contribution < 1.29 is 18.0 Å². The average Bonchev–Trinajstić information content (AvgIpc) is 2.24. The number of alkyl halides is 3. The second-order valence-electron chi connectivity index (χ2n) is 3.39. The van der Waals surface area contributed by atoms with E-state index in [9.17, 15) is 18.0 Å². The molecule has 0 heterocycles. The van der Waals surface area contributed by atoms with Crippen molar-refractivity contribution >= 4 is 17.4 Å². The maximum Gasteiger partial charge on any atom is 0.412 e. The molecule has 0 aromatic heterocycles. The van der Waals surface area contributed by atoms with Crippen molar-refractivity contribution in [3.8, 4) is 0 Å². The van der Waals surface area contributed by atoms with E-state index in [2.05, 4.69) is 0 Å². The quantitative estimate of drug-likeness (QED) is 0.582. The van der Waals surface area contributed by atoms with Crippen molar-refractivity contribution in [1.29, 1.82) is 0 Å². The predicted molar refractivity (Wildman–Crippen MR) is 60.2 cm³/mol. The van der Waals surface area contributed by atoms with Gasteiger partial charge in [0.05, 0.1) is 0 Å². The van der Waals surface area contributed by atoms with Gasteiger partial charge in [0.1, 0.15) is 0 Å². The normalized spacial score (nSPS) is 12.6. The van der Waals surface area contributed by atoms with E-state index in [1.807, 2.05) is 0 Å². The van der Waals surface area contributed by atoms with Crippen molar-refractivity contribution in [3.63, 3.8) is 0 Å². The van der Waals surface area contributed by atoms with Gasteiger partial charge in [-0.15, -0.1) is 0 Å². The van der Waals surface area contributed by atoms with Crippen molar-refractivity contribution in [2.24, 2.45) is 0 Å². The van der Waals surface area contributed by atoms with Gasteiger partial charge in [-0.05, 0) is 36.8 Å². The molecule has 0 radical (unpaired) electrons. The third-order valence-electron chi connectivity index (χ3n) is 2.18. The number of halogens is 4. The first-order valence-corrected chi connectivity index (χ1v) is 5.30. The molecule has 0 saturated carbocycles. The fraction of sp³-hybridized carbons (Fsp3) is 0.250. The highest BCUT2D eigenvalue weighted by Crippen LogP contribution is 2.28. The molecule has 0 amide bonds. The third kappa shape index (κ3) is 3.89. The molecule has 0 bridgehead atoms. The summed E-state index contributed by atoms with van der Waals surface area (Å²) in [5.41, 5.74) is -0.651. The van der Waals surface area contributed by atoms with Gasteiger partial charge in [-0.2, -0.15) is 13.2 Å². The van der Waals surface area contributed by atoms with E-state index in [4.69, 9.17) is 11.6 Å². The van der Waals surface area contributed by atoms with Crippen LogP contribution in [0.1, 0.15) is 23.7 Å². The molecule has 1 rings (SSSR count). The van der Waals surface area contributed by atoms with Gasteiger partial charge in [0, 0.05) is 16.2 Å². The van der Waals surface area contributed by atoms with Crippen LogP contribution in [-0.4, -0.2) is 12.0 Å². The summed E-state index contributed by atoms with van der Waals surface area (Å²) in [5, 5.41) is 0.428. The molecule has 1 aromatic carbocycles. The van der Waals surface area contributed by atoms with Crippen LogP contribution in [-0.2, 0) is 0 Å². The lowest BCUT2D eigenvalue weighted by Crippen LogP contribution is -2.13. The minimum Gasteiger partial charge on any atom is -0.289 e. The molecular weight excluding hydrogens is 253 g/mol. The van der Waals surface area contributed by atoms with Crippen molar-refractivity contribution in [2.75, 3.05) is 0 Å². The molecule has 17 heavy (non-hydrogen) atoms. The van der Waals surface area contributed by atoms with E-state index >= 15 is 0 Å². The molecule has 0 saturated heterocycles. The highest BCUT2D eigenvalue weighted by atomic mass is 35.5. The second kappa shape index (κ2) is 5.36. The number of allylic oxidation sites excluding steroid dienone is 2. The zero-order chi connectivity index (χ0) is 13.1. The van der Waals surface area contributed by atoms with Gasteiger partial charge in [0.25, 0.3) is 0 Å². The van der Waals surface area contributed by atoms with E-state index in [1.54, 1.807) is 0 Å². The number of hydrogen-bond donors (Lipinski definition) is 0. The predicted octanol–water partition coefficient (Wildman–Crippen LogP) is 4.42. The lowest BCUT2D eigenvalue weighted by molar-refractivity contribution is -0.0936.